The number of carbonyl (C=O) groups is 1. The van der Waals surface area contributed by atoms with Crippen LogP contribution >= 0.6 is 0 Å². The summed E-state index contributed by atoms with van der Waals surface area (Å²) < 4.78 is 53.7. The predicted molar refractivity (Wildman–Crippen MR) is 247 cm³/mol. The van der Waals surface area contributed by atoms with Gasteiger partial charge in [-0.05, 0) is 60.5 Å². The van der Waals surface area contributed by atoms with Crippen LogP contribution in [0, 0.1) is 17.8 Å². The highest BCUT2D eigenvalue weighted by Gasteiger charge is 2.57. The van der Waals surface area contributed by atoms with Crippen LogP contribution in [0.2, 0.25) is 0 Å². The number of hydrogen-bond donors (Lipinski definition) is 7. The van der Waals surface area contributed by atoms with E-state index in [-0.39, 0.29) is 50.2 Å². The molecule has 0 saturated carbocycles. The molecule has 7 N–H and O–H groups in total. The highest BCUT2D eigenvalue weighted by Crippen LogP contribution is 2.42. The second kappa shape index (κ2) is 26.1. The van der Waals surface area contributed by atoms with Crippen molar-refractivity contribution in [3.8, 4) is 0 Å². The van der Waals surface area contributed by atoms with Crippen LogP contribution < -0.4 is 0 Å². The van der Waals surface area contributed by atoms with E-state index in [4.69, 9.17) is 42.6 Å². The van der Waals surface area contributed by atoms with Crippen molar-refractivity contribution in [3.05, 3.63) is 58.7 Å². The van der Waals surface area contributed by atoms with Crippen LogP contribution in [0.4, 0.5) is 0 Å². The van der Waals surface area contributed by atoms with E-state index >= 15 is 0 Å². The van der Waals surface area contributed by atoms with Gasteiger partial charge < -0.3 is 78.4 Å². The Morgan fingerprint density at radius 2 is 1.48 bits per heavy atom. The van der Waals surface area contributed by atoms with Gasteiger partial charge in [0.25, 0.3) is 0 Å². The van der Waals surface area contributed by atoms with Crippen molar-refractivity contribution < 1.29 is 83.2 Å². The summed E-state index contributed by atoms with van der Waals surface area (Å²) in [5, 5.41) is 80.3. The molecule has 4 rings (SSSR count). The average Bonchev–Trinajstić information content (AvgIpc) is 3.26. The molecule has 0 bridgehead atoms. The van der Waals surface area contributed by atoms with Gasteiger partial charge in [0.2, 0.25) is 5.79 Å². The van der Waals surface area contributed by atoms with Crippen LogP contribution in [0.5, 0.6) is 0 Å². The molecular formula is C50H82O17. The molecule has 4 aliphatic rings. The van der Waals surface area contributed by atoms with Crippen LogP contribution in [0.3, 0.4) is 0 Å². The summed E-state index contributed by atoms with van der Waals surface area (Å²) in [6, 6.07) is 0. The van der Waals surface area contributed by atoms with Crippen molar-refractivity contribution in [2.45, 2.75) is 205 Å². The van der Waals surface area contributed by atoms with Crippen molar-refractivity contribution in [3.63, 3.8) is 0 Å². The first-order valence-electron chi connectivity index (χ1n) is 23.8. The summed E-state index contributed by atoms with van der Waals surface area (Å²) in [4.78, 5) is 13.9. The number of aliphatic hydroxyl groups excluding tert-OH is 6. The molecule has 0 unspecified atom stereocenters. The van der Waals surface area contributed by atoms with Gasteiger partial charge in [-0.2, -0.15) is 0 Å². The van der Waals surface area contributed by atoms with E-state index in [0.29, 0.717) is 12.0 Å². The van der Waals surface area contributed by atoms with E-state index in [1.807, 2.05) is 52.0 Å². The molecule has 67 heavy (non-hydrogen) atoms. The molecule has 384 valence electrons. The van der Waals surface area contributed by atoms with Gasteiger partial charge in [-0.1, -0.05) is 67.9 Å². The topological polar surface area (TPSA) is 242 Å². The minimum atomic E-state index is -2.49. The minimum absolute atomic E-state index is 0.0204. The Morgan fingerprint density at radius 1 is 0.806 bits per heavy atom. The average molecular weight is 955 g/mol. The molecule has 0 spiro atoms. The van der Waals surface area contributed by atoms with Gasteiger partial charge in [-0.25, -0.2) is 4.79 Å². The van der Waals surface area contributed by atoms with E-state index in [0.717, 1.165) is 11.1 Å². The second-order valence-corrected chi connectivity index (χ2v) is 19.3. The fraction of sp³-hybridized carbons (Fsp3) is 0.780. The maximum absolute atomic E-state index is 13.9. The molecule has 20 atom stereocenters. The lowest BCUT2D eigenvalue weighted by molar-refractivity contribution is -0.365. The molecule has 3 saturated heterocycles. The van der Waals surface area contributed by atoms with Gasteiger partial charge in [-0.3, -0.25) is 0 Å². The third kappa shape index (κ3) is 15.5. The van der Waals surface area contributed by atoms with E-state index in [2.05, 4.69) is 0 Å². The smallest absolute Gasteiger partial charge is 0.334 e. The highest BCUT2D eigenvalue weighted by atomic mass is 16.7. The monoisotopic (exact) mass is 955 g/mol. The zero-order chi connectivity index (χ0) is 49.9. The number of methoxy groups -OCH3 is 3. The van der Waals surface area contributed by atoms with Crippen molar-refractivity contribution >= 4 is 5.97 Å². The number of rotatable bonds is 12. The zero-order valence-electron chi connectivity index (χ0n) is 41.6. The van der Waals surface area contributed by atoms with Gasteiger partial charge >= 0.3 is 5.97 Å². The molecular weight excluding hydrogens is 873 g/mol. The predicted octanol–water partition coefficient (Wildman–Crippen LogP) is 3.69. The highest BCUT2D eigenvalue weighted by molar-refractivity contribution is 5.88. The Morgan fingerprint density at radius 3 is 2.12 bits per heavy atom. The summed E-state index contributed by atoms with van der Waals surface area (Å²) in [6.45, 7) is 15.9. The fourth-order valence-electron chi connectivity index (χ4n) is 9.51. The lowest BCUT2D eigenvalue weighted by atomic mass is 9.76. The van der Waals surface area contributed by atoms with Crippen LogP contribution in [-0.4, -0.2) is 173 Å². The molecule has 0 aromatic heterocycles. The van der Waals surface area contributed by atoms with Gasteiger partial charge in [0.15, 0.2) is 12.6 Å². The molecule has 0 radical (unpaired) electrons. The first-order chi connectivity index (χ1) is 31.5. The van der Waals surface area contributed by atoms with Crippen molar-refractivity contribution in [1.29, 1.82) is 0 Å². The van der Waals surface area contributed by atoms with Crippen LogP contribution in [0.1, 0.15) is 101 Å². The first-order valence-corrected chi connectivity index (χ1v) is 23.8. The molecule has 4 heterocycles. The Hall–Kier alpha value is -2.43. The van der Waals surface area contributed by atoms with Crippen LogP contribution in [0.25, 0.3) is 0 Å². The van der Waals surface area contributed by atoms with Crippen LogP contribution in [0.15, 0.2) is 58.7 Å². The largest absolute Gasteiger partial charge is 0.456 e. The number of esters is 1. The molecule has 3 fully saturated rings. The Bertz CT molecular complexity index is 1700. The Balaban J connectivity index is 1.57. The number of ether oxygens (including phenoxy) is 9. The summed E-state index contributed by atoms with van der Waals surface area (Å²) in [6.07, 6.45) is -3.55. The second-order valence-electron chi connectivity index (χ2n) is 19.3. The lowest BCUT2D eigenvalue weighted by Crippen LogP contribution is -2.66. The van der Waals surface area contributed by atoms with Crippen molar-refractivity contribution in [2.24, 2.45) is 17.8 Å². The van der Waals surface area contributed by atoms with Crippen LogP contribution in [-0.2, 0) is 47.4 Å². The number of aliphatic hydroxyl groups is 7. The molecule has 17 heteroatoms. The number of cyclic esters (lactones) is 1. The summed E-state index contributed by atoms with van der Waals surface area (Å²) in [5.74, 6) is -5.20. The van der Waals surface area contributed by atoms with Gasteiger partial charge in [-0.15, -0.1) is 0 Å². The van der Waals surface area contributed by atoms with Crippen molar-refractivity contribution in [2.75, 3.05) is 27.9 Å². The van der Waals surface area contributed by atoms with Gasteiger partial charge in [0.1, 0.15) is 24.4 Å². The number of hydrogen-bond acceptors (Lipinski definition) is 17. The summed E-state index contributed by atoms with van der Waals surface area (Å²) >= 11 is 0. The molecule has 0 aliphatic carbocycles. The Kier molecular flexibility index (Phi) is 22.3. The normalized spacial score (nSPS) is 44.8. The van der Waals surface area contributed by atoms with E-state index in [9.17, 15) is 40.5 Å². The standard InChI is InChI=1S/C50H82O17/c1-26-14-13-15-37(52)40(60-11)23-42(65-49(57)30(5)20-28(3)18-27(2)19-29(4)36(51)17-16-26)48(56)50(58)32(7)45(54)31(6)39(67-50)21-35(25-59-10)64-43-22-38(53)47(34(9)63-43)66-44-24-41(61-12)46(55)33(8)62-44/h14,16-20,29,31-48,51-56,58H,13,15,21-25H2,1-12H3/b17-16+,26-14+,27-19+,28-18+,30-20+/t29-,31+,32-,33-,34+,35-,36-,37-,38+,39-,40+,41-,42+,43+,44+,45+,46-,47+,48-,50-/m1/s1. The number of allylic oxidation sites excluding steroid dienone is 7. The van der Waals surface area contributed by atoms with Gasteiger partial charge in [0.05, 0.1) is 67.6 Å². The van der Waals surface area contributed by atoms with Gasteiger partial charge in [0, 0.05) is 70.3 Å². The van der Waals surface area contributed by atoms with E-state index in [1.165, 1.54) is 28.3 Å². The number of carbonyl (C=O) groups excluding carboxylic acids is 1. The molecule has 0 aromatic carbocycles. The quantitative estimate of drug-likeness (QED) is 0.138. The van der Waals surface area contributed by atoms with E-state index in [1.54, 1.807) is 39.8 Å². The lowest BCUT2D eigenvalue weighted by Gasteiger charge is -2.51. The third-order valence-corrected chi connectivity index (χ3v) is 13.7. The molecule has 4 aliphatic heterocycles. The third-order valence-electron chi connectivity index (χ3n) is 13.7. The molecule has 0 amide bonds. The SMILES string of the molecule is COC[C@@H](C[C@H]1O[C@@](O)([C@H](O)[C@@H]2C[C@H](OC)[C@H](O)CC/C=C(C)/C=C/[C@@H](O)[C@H](C)/C=C(C)/C=C(C)/C=C(\C)C(=O)O2)[C@H](C)[C@@H](O)[C@H]1C)O[C@H]1C[C@H](O)[C@@H](O[C@H]2C[C@@H](OC)[C@H](O)[C@@H](C)O2)[C@H](C)O1. The Labute approximate surface area is 397 Å². The summed E-state index contributed by atoms with van der Waals surface area (Å²) in [5.41, 5.74) is 2.66. The maximum Gasteiger partial charge on any atom is 0.334 e. The molecule has 0 aromatic rings. The fourth-order valence-corrected chi connectivity index (χ4v) is 9.51. The first kappa shape index (κ1) is 57.2. The maximum atomic E-state index is 13.9. The van der Waals surface area contributed by atoms with E-state index < -0.39 is 122 Å². The minimum Gasteiger partial charge on any atom is -0.456 e. The van der Waals surface area contributed by atoms with Crippen molar-refractivity contribution in [1.82, 2.24) is 0 Å². The molecule has 17 nitrogen and oxygen atoms in total. The zero-order valence-corrected chi connectivity index (χ0v) is 41.6. The summed E-state index contributed by atoms with van der Waals surface area (Å²) in [7, 11) is 4.38.